The van der Waals surface area contributed by atoms with Gasteiger partial charge in [0, 0.05) is 12.1 Å². The summed E-state index contributed by atoms with van der Waals surface area (Å²) in [6, 6.07) is 13.7. The molecule has 7 heteroatoms. The summed E-state index contributed by atoms with van der Waals surface area (Å²) in [4.78, 5) is 12.1. The Bertz CT molecular complexity index is 1120. The van der Waals surface area contributed by atoms with Crippen LogP contribution in [-0.4, -0.2) is 24.0 Å². The molecule has 1 heterocycles. The topological polar surface area (TPSA) is 81.1 Å². The van der Waals surface area contributed by atoms with Crippen LogP contribution in [0.1, 0.15) is 34.5 Å². The fourth-order valence-electron chi connectivity index (χ4n) is 3.31. The lowest BCUT2D eigenvalue weighted by atomic mass is 9.97. The molecule has 27 heavy (non-hydrogen) atoms. The Morgan fingerprint density at radius 2 is 1.85 bits per heavy atom. The number of ketones is 1. The van der Waals surface area contributed by atoms with E-state index in [2.05, 4.69) is 9.82 Å². The number of nitrogens with zero attached hydrogens (tertiary/aromatic N) is 2. The van der Waals surface area contributed by atoms with Crippen molar-refractivity contribution in [2.24, 2.45) is 0 Å². The van der Waals surface area contributed by atoms with E-state index in [4.69, 9.17) is 0 Å². The molecule has 0 fully saturated rings. The maximum Gasteiger partial charge on any atom is 0.261 e. The molecular weight excluding hydrogens is 362 g/mol. The van der Waals surface area contributed by atoms with E-state index in [0.717, 1.165) is 29.8 Å². The van der Waals surface area contributed by atoms with Crippen LogP contribution in [0, 0.1) is 6.92 Å². The second kappa shape index (κ2) is 6.66. The van der Waals surface area contributed by atoms with Crippen molar-refractivity contribution in [1.29, 1.82) is 0 Å². The number of benzene rings is 2. The van der Waals surface area contributed by atoms with Gasteiger partial charge in [0.15, 0.2) is 5.78 Å². The molecule has 0 radical (unpaired) electrons. The van der Waals surface area contributed by atoms with Gasteiger partial charge in [-0.15, -0.1) is 0 Å². The van der Waals surface area contributed by atoms with Gasteiger partial charge in [0.25, 0.3) is 10.0 Å². The summed E-state index contributed by atoms with van der Waals surface area (Å²) in [5.41, 5.74) is 3.79. The van der Waals surface area contributed by atoms with Crippen LogP contribution in [-0.2, 0) is 16.4 Å². The van der Waals surface area contributed by atoms with Crippen molar-refractivity contribution >= 4 is 21.5 Å². The standard InChI is InChI=1S/C20H19N3O3S/c1-14-4-2-5-15(12-14)22-27(25,26)17-10-8-16(9-11-17)23-19-6-3-7-20(24)18(19)13-21-23/h2,4-5,8-13,22H,3,6-7H2,1H3. The molecule has 0 aliphatic heterocycles. The van der Waals surface area contributed by atoms with E-state index >= 15 is 0 Å². The zero-order valence-corrected chi connectivity index (χ0v) is 15.7. The highest BCUT2D eigenvalue weighted by Crippen LogP contribution is 2.24. The molecule has 0 saturated carbocycles. The van der Waals surface area contributed by atoms with Crippen LogP contribution >= 0.6 is 0 Å². The fraction of sp³-hybridized carbons (Fsp3) is 0.200. The first-order valence-electron chi connectivity index (χ1n) is 8.74. The predicted molar refractivity (Wildman–Crippen MR) is 103 cm³/mol. The molecule has 2 aromatic carbocycles. The minimum atomic E-state index is -3.68. The highest BCUT2D eigenvalue weighted by Gasteiger charge is 2.22. The quantitative estimate of drug-likeness (QED) is 0.750. The number of carbonyl (C=O) groups excluding carboxylic acids is 1. The van der Waals surface area contributed by atoms with Gasteiger partial charge in [0.05, 0.1) is 28.0 Å². The normalized spacial score (nSPS) is 14.0. The minimum Gasteiger partial charge on any atom is -0.294 e. The van der Waals surface area contributed by atoms with Gasteiger partial charge >= 0.3 is 0 Å². The number of aromatic nitrogens is 2. The van der Waals surface area contributed by atoms with Gasteiger partial charge in [-0.3, -0.25) is 9.52 Å². The van der Waals surface area contributed by atoms with Crippen LogP contribution in [0.4, 0.5) is 5.69 Å². The first-order valence-corrected chi connectivity index (χ1v) is 10.2. The largest absolute Gasteiger partial charge is 0.294 e. The van der Waals surface area contributed by atoms with Crippen LogP contribution < -0.4 is 4.72 Å². The minimum absolute atomic E-state index is 0.115. The molecule has 0 saturated heterocycles. The van der Waals surface area contributed by atoms with Gasteiger partial charge in [-0.2, -0.15) is 5.10 Å². The van der Waals surface area contributed by atoms with E-state index in [1.54, 1.807) is 53.3 Å². The van der Waals surface area contributed by atoms with Crippen molar-refractivity contribution in [2.45, 2.75) is 31.1 Å². The summed E-state index contributed by atoms with van der Waals surface area (Å²) in [6.07, 6.45) is 3.75. The summed E-state index contributed by atoms with van der Waals surface area (Å²) in [6.45, 7) is 1.90. The number of hydrogen-bond acceptors (Lipinski definition) is 4. The van der Waals surface area contributed by atoms with Gasteiger partial charge in [-0.25, -0.2) is 13.1 Å². The number of rotatable bonds is 4. The van der Waals surface area contributed by atoms with Crippen molar-refractivity contribution in [3.05, 3.63) is 71.5 Å². The number of fused-ring (bicyclic) bond motifs is 1. The molecule has 138 valence electrons. The van der Waals surface area contributed by atoms with E-state index in [-0.39, 0.29) is 10.7 Å². The van der Waals surface area contributed by atoms with Crippen molar-refractivity contribution in [3.8, 4) is 5.69 Å². The number of anilines is 1. The van der Waals surface area contributed by atoms with Gasteiger partial charge in [0.1, 0.15) is 0 Å². The average Bonchev–Trinajstić information content (AvgIpc) is 3.07. The molecule has 1 aliphatic rings. The Balaban J connectivity index is 1.62. The molecule has 1 aliphatic carbocycles. The molecular formula is C20H19N3O3S. The number of carbonyl (C=O) groups is 1. The van der Waals surface area contributed by atoms with Crippen molar-refractivity contribution in [2.75, 3.05) is 4.72 Å². The molecule has 4 rings (SSSR count). The molecule has 3 aromatic rings. The molecule has 0 amide bonds. The molecule has 0 unspecified atom stereocenters. The Morgan fingerprint density at radius 1 is 1.07 bits per heavy atom. The van der Waals surface area contributed by atoms with E-state index in [9.17, 15) is 13.2 Å². The monoisotopic (exact) mass is 381 g/mol. The lowest BCUT2D eigenvalue weighted by molar-refractivity contribution is 0.0972. The molecule has 1 aromatic heterocycles. The number of hydrogen-bond donors (Lipinski definition) is 1. The Labute approximate surface area is 157 Å². The second-order valence-electron chi connectivity index (χ2n) is 6.66. The molecule has 6 nitrogen and oxygen atoms in total. The van der Waals surface area contributed by atoms with Gasteiger partial charge in [-0.1, -0.05) is 12.1 Å². The molecule has 0 atom stereocenters. The lowest BCUT2D eigenvalue weighted by Crippen LogP contribution is -2.14. The smallest absolute Gasteiger partial charge is 0.261 e. The van der Waals surface area contributed by atoms with E-state index in [1.165, 1.54) is 0 Å². The predicted octanol–water partition coefficient (Wildman–Crippen LogP) is 3.50. The third-order valence-electron chi connectivity index (χ3n) is 4.65. The molecule has 1 N–H and O–H groups in total. The zero-order valence-electron chi connectivity index (χ0n) is 14.8. The highest BCUT2D eigenvalue weighted by atomic mass is 32.2. The third kappa shape index (κ3) is 3.38. The van der Waals surface area contributed by atoms with Crippen LogP contribution in [0.25, 0.3) is 5.69 Å². The Hall–Kier alpha value is -2.93. The maximum absolute atomic E-state index is 12.6. The van der Waals surface area contributed by atoms with Crippen molar-refractivity contribution in [3.63, 3.8) is 0 Å². The van der Waals surface area contributed by atoms with Crippen LogP contribution in [0.15, 0.2) is 59.6 Å². The molecule has 0 bridgehead atoms. The van der Waals surface area contributed by atoms with E-state index in [0.29, 0.717) is 17.7 Å². The van der Waals surface area contributed by atoms with Crippen LogP contribution in [0.2, 0.25) is 0 Å². The maximum atomic E-state index is 12.6. The SMILES string of the molecule is Cc1cccc(NS(=O)(=O)c2ccc(-n3ncc4c3CCCC4=O)cc2)c1. The number of sulfonamides is 1. The second-order valence-corrected chi connectivity index (χ2v) is 8.34. The zero-order chi connectivity index (χ0) is 19.0. The fourth-order valence-corrected chi connectivity index (χ4v) is 4.36. The van der Waals surface area contributed by atoms with Crippen LogP contribution in [0.3, 0.4) is 0 Å². The van der Waals surface area contributed by atoms with Gasteiger partial charge in [-0.05, 0) is 61.7 Å². The van der Waals surface area contributed by atoms with Gasteiger partial charge in [0.2, 0.25) is 0 Å². The number of nitrogens with one attached hydrogen (secondary N) is 1. The van der Waals surface area contributed by atoms with Crippen molar-refractivity contribution < 1.29 is 13.2 Å². The number of Topliss-reactive ketones (excluding diaryl/α,β-unsaturated/α-hetero) is 1. The summed E-state index contributed by atoms with van der Waals surface area (Å²) < 4.78 is 29.5. The van der Waals surface area contributed by atoms with Crippen LogP contribution in [0.5, 0.6) is 0 Å². The van der Waals surface area contributed by atoms with E-state index in [1.807, 2.05) is 13.0 Å². The van der Waals surface area contributed by atoms with E-state index < -0.39 is 10.0 Å². The molecule has 0 spiro atoms. The summed E-state index contributed by atoms with van der Waals surface area (Å²) >= 11 is 0. The summed E-state index contributed by atoms with van der Waals surface area (Å²) in [7, 11) is -3.68. The summed E-state index contributed by atoms with van der Waals surface area (Å²) in [5.74, 6) is 0.115. The Morgan fingerprint density at radius 3 is 2.59 bits per heavy atom. The third-order valence-corrected chi connectivity index (χ3v) is 6.05. The summed E-state index contributed by atoms with van der Waals surface area (Å²) in [5, 5.41) is 4.32. The number of aryl methyl sites for hydroxylation is 1. The lowest BCUT2D eigenvalue weighted by Gasteiger charge is -2.14. The average molecular weight is 381 g/mol. The first-order chi connectivity index (χ1) is 12.9. The highest BCUT2D eigenvalue weighted by molar-refractivity contribution is 7.92. The Kier molecular flexibility index (Phi) is 4.31. The van der Waals surface area contributed by atoms with Gasteiger partial charge < -0.3 is 0 Å². The van der Waals surface area contributed by atoms with Crippen molar-refractivity contribution in [1.82, 2.24) is 9.78 Å². The first kappa shape index (κ1) is 17.5.